The smallest absolute Gasteiger partial charge is 0.244 e. The summed E-state index contributed by atoms with van der Waals surface area (Å²) in [5.41, 5.74) is 9.64. The first kappa shape index (κ1) is 12.2. The standard InChI is InChI=1S/C12H13N7O/c13-12-16-9(18-14)5-10(17-12)19-6-11(20)15-7-3-1-2-4-8(7)19/h1-5H,6,14H2,(H,15,20)(H3,13,16,17,18). The van der Waals surface area contributed by atoms with Crippen LogP contribution in [-0.2, 0) is 4.79 Å². The second-order valence-corrected chi connectivity index (χ2v) is 4.27. The lowest BCUT2D eigenvalue weighted by molar-refractivity contribution is -0.115. The highest BCUT2D eigenvalue weighted by Gasteiger charge is 2.24. The summed E-state index contributed by atoms with van der Waals surface area (Å²) in [6.07, 6.45) is 0. The number of nitrogens with two attached hydrogens (primary N) is 2. The molecule has 8 nitrogen and oxygen atoms in total. The van der Waals surface area contributed by atoms with E-state index >= 15 is 0 Å². The third-order valence-electron chi connectivity index (χ3n) is 2.93. The van der Waals surface area contributed by atoms with Gasteiger partial charge in [-0.25, -0.2) is 5.84 Å². The zero-order valence-corrected chi connectivity index (χ0v) is 10.5. The first-order valence-electron chi connectivity index (χ1n) is 5.95. The Morgan fingerprint density at radius 3 is 2.90 bits per heavy atom. The van der Waals surface area contributed by atoms with Crippen LogP contribution in [0.2, 0.25) is 0 Å². The van der Waals surface area contributed by atoms with Crippen molar-refractivity contribution in [3.63, 3.8) is 0 Å². The van der Waals surface area contributed by atoms with Gasteiger partial charge in [-0.1, -0.05) is 12.1 Å². The second kappa shape index (κ2) is 4.67. The number of fused-ring (bicyclic) bond motifs is 1. The van der Waals surface area contributed by atoms with Crippen molar-refractivity contribution in [2.24, 2.45) is 5.84 Å². The van der Waals surface area contributed by atoms with Crippen LogP contribution in [0.3, 0.4) is 0 Å². The first-order chi connectivity index (χ1) is 9.67. The zero-order chi connectivity index (χ0) is 14.1. The van der Waals surface area contributed by atoms with E-state index in [-0.39, 0.29) is 18.4 Å². The highest BCUT2D eigenvalue weighted by atomic mass is 16.2. The molecule has 2 heterocycles. The third kappa shape index (κ3) is 2.08. The van der Waals surface area contributed by atoms with Crippen molar-refractivity contribution in [2.75, 3.05) is 27.9 Å². The van der Waals surface area contributed by atoms with E-state index in [0.29, 0.717) is 11.6 Å². The van der Waals surface area contributed by atoms with Gasteiger partial charge in [0.05, 0.1) is 11.4 Å². The van der Waals surface area contributed by atoms with E-state index in [1.54, 1.807) is 11.0 Å². The lowest BCUT2D eigenvalue weighted by atomic mass is 10.2. The van der Waals surface area contributed by atoms with E-state index in [1.165, 1.54) is 0 Å². The fraction of sp³-hybridized carbons (Fsp3) is 0.0833. The first-order valence-corrected chi connectivity index (χ1v) is 5.95. The van der Waals surface area contributed by atoms with Crippen molar-refractivity contribution in [2.45, 2.75) is 0 Å². The molecule has 6 N–H and O–H groups in total. The molecule has 3 rings (SSSR count). The number of aromatic nitrogens is 2. The Bertz CT molecular complexity index is 673. The number of carbonyl (C=O) groups is 1. The zero-order valence-electron chi connectivity index (χ0n) is 10.5. The van der Waals surface area contributed by atoms with Gasteiger partial charge in [0.15, 0.2) is 0 Å². The number of benzene rings is 1. The molecule has 1 amide bonds. The predicted molar refractivity (Wildman–Crippen MR) is 76.3 cm³/mol. The molecule has 0 atom stereocenters. The Labute approximate surface area is 114 Å². The quantitative estimate of drug-likeness (QED) is 0.461. The van der Waals surface area contributed by atoms with Gasteiger partial charge in [-0.3, -0.25) is 4.79 Å². The Balaban J connectivity index is 2.10. The monoisotopic (exact) mass is 271 g/mol. The Morgan fingerprint density at radius 2 is 2.10 bits per heavy atom. The molecule has 0 fully saturated rings. The van der Waals surface area contributed by atoms with E-state index in [1.807, 2.05) is 24.3 Å². The van der Waals surface area contributed by atoms with Gasteiger partial charge in [-0.15, -0.1) is 0 Å². The molecule has 0 bridgehead atoms. The molecule has 102 valence electrons. The number of carbonyl (C=O) groups excluding carboxylic acids is 1. The Hall–Kier alpha value is -2.87. The SMILES string of the molecule is NNc1cc(N2CC(=O)Nc3ccccc32)nc(N)n1. The largest absolute Gasteiger partial charge is 0.368 e. The minimum Gasteiger partial charge on any atom is -0.368 e. The number of hydrogen-bond acceptors (Lipinski definition) is 7. The van der Waals surface area contributed by atoms with E-state index in [9.17, 15) is 4.79 Å². The van der Waals surface area contributed by atoms with Crippen LogP contribution in [0.1, 0.15) is 0 Å². The van der Waals surface area contributed by atoms with Crippen molar-refractivity contribution < 1.29 is 4.79 Å². The number of amides is 1. The molecule has 2 aromatic rings. The van der Waals surface area contributed by atoms with Crippen molar-refractivity contribution in [3.05, 3.63) is 30.3 Å². The van der Waals surface area contributed by atoms with Crippen LogP contribution < -0.4 is 27.2 Å². The number of nitrogen functional groups attached to an aromatic ring is 2. The van der Waals surface area contributed by atoms with Gasteiger partial charge < -0.3 is 21.4 Å². The summed E-state index contributed by atoms with van der Waals surface area (Å²) >= 11 is 0. The number of rotatable bonds is 2. The minimum absolute atomic E-state index is 0.0823. The van der Waals surface area contributed by atoms with E-state index in [0.717, 1.165) is 11.4 Å². The molecule has 0 spiro atoms. The molecule has 0 aliphatic carbocycles. The van der Waals surface area contributed by atoms with Crippen LogP contribution in [0.25, 0.3) is 0 Å². The molecule has 0 saturated heterocycles. The maximum absolute atomic E-state index is 11.8. The van der Waals surface area contributed by atoms with Crippen molar-refractivity contribution in [1.82, 2.24) is 9.97 Å². The van der Waals surface area contributed by atoms with Gasteiger partial charge >= 0.3 is 0 Å². The topological polar surface area (TPSA) is 122 Å². The van der Waals surface area contributed by atoms with Crippen LogP contribution in [0, 0.1) is 0 Å². The van der Waals surface area contributed by atoms with Crippen molar-refractivity contribution in [1.29, 1.82) is 0 Å². The average Bonchev–Trinajstić information content (AvgIpc) is 2.45. The van der Waals surface area contributed by atoms with Gasteiger partial charge in [0.25, 0.3) is 0 Å². The number of para-hydroxylation sites is 2. The van der Waals surface area contributed by atoms with Gasteiger partial charge in [-0.05, 0) is 12.1 Å². The summed E-state index contributed by atoms with van der Waals surface area (Å²) in [5.74, 6) is 6.20. The summed E-state index contributed by atoms with van der Waals surface area (Å²) in [6, 6.07) is 9.08. The molecular formula is C12H13N7O. The molecule has 0 radical (unpaired) electrons. The van der Waals surface area contributed by atoms with Crippen LogP contribution in [0.4, 0.5) is 29.0 Å². The minimum atomic E-state index is -0.122. The average molecular weight is 271 g/mol. The molecule has 1 aromatic heterocycles. The van der Waals surface area contributed by atoms with Gasteiger partial charge in [-0.2, -0.15) is 9.97 Å². The summed E-state index contributed by atoms with van der Waals surface area (Å²) in [5, 5.41) is 2.81. The van der Waals surface area contributed by atoms with Crippen LogP contribution in [0.15, 0.2) is 30.3 Å². The lowest BCUT2D eigenvalue weighted by Crippen LogP contribution is -2.35. The Kier molecular flexibility index (Phi) is 2.84. The van der Waals surface area contributed by atoms with E-state index in [2.05, 4.69) is 20.7 Å². The maximum Gasteiger partial charge on any atom is 0.244 e. The summed E-state index contributed by atoms with van der Waals surface area (Å²) in [4.78, 5) is 21.6. The molecule has 0 saturated carbocycles. The molecule has 8 heteroatoms. The van der Waals surface area contributed by atoms with E-state index < -0.39 is 0 Å². The highest BCUT2D eigenvalue weighted by Crippen LogP contribution is 2.34. The maximum atomic E-state index is 11.8. The number of hydrogen-bond donors (Lipinski definition) is 4. The van der Waals surface area contributed by atoms with Crippen LogP contribution in [0.5, 0.6) is 0 Å². The molecular weight excluding hydrogens is 258 g/mol. The number of anilines is 5. The molecule has 1 aromatic carbocycles. The number of hydrazine groups is 1. The van der Waals surface area contributed by atoms with Crippen LogP contribution in [-0.4, -0.2) is 22.4 Å². The number of nitrogens with zero attached hydrogens (tertiary/aromatic N) is 3. The lowest BCUT2D eigenvalue weighted by Gasteiger charge is -2.30. The summed E-state index contributed by atoms with van der Waals surface area (Å²) in [6.45, 7) is 0.150. The van der Waals surface area contributed by atoms with Crippen LogP contribution >= 0.6 is 0 Å². The molecule has 1 aliphatic heterocycles. The predicted octanol–water partition coefficient (Wildman–Crippen LogP) is 0.435. The molecule has 1 aliphatic rings. The second-order valence-electron chi connectivity index (χ2n) is 4.27. The number of nitrogens with one attached hydrogen (secondary N) is 2. The van der Waals surface area contributed by atoms with Gasteiger partial charge in [0.2, 0.25) is 11.9 Å². The summed E-state index contributed by atoms with van der Waals surface area (Å²) in [7, 11) is 0. The van der Waals surface area contributed by atoms with Gasteiger partial charge in [0.1, 0.15) is 18.2 Å². The van der Waals surface area contributed by atoms with Gasteiger partial charge in [0, 0.05) is 6.07 Å². The van der Waals surface area contributed by atoms with Crippen molar-refractivity contribution >= 4 is 34.9 Å². The van der Waals surface area contributed by atoms with E-state index in [4.69, 9.17) is 11.6 Å². The fourth-order valence-electron chi connectivity index (χ4n) is 2.10. The fourth-order valence-corrected chi connectivity index (χ4v) is 2.10. The van der Waals surface area contributed by atoms with Crippen molar-refractivity contribution in [3.8, 4) is 0 Å². The summed E-state index contributed by atoms with van der Waals surface area (Å²) < 4.78 is 0. The highest BCUT2D eigenvalue weighted by molar-refractivity contribution is 6.02. The Morgan fingerprint density at radius 1 is 1.30 bits per heavy atom. The normalized spacial score (nSPS) is 13.7. The molecule has 20 heavy (non-hydrogen) atoms. The third-order valence-corrected chi connectivity index (χ3v) is 2.93. The molecule has 0 unspecified atom stereocenters.